The molecule has 0 saturated carbocycles. The minimum atomic E-state index is -0.133. The van der Waals surface area contributed by atoms with E-state index in [1.54, 1.807) is 7.11 Å². The summed E-state index contributed by atoms with van der Waals surface area (Å²) in [7, 11) is 1.66. The number of carbonyl (C=O) groups is 1. The van der Waals surface area contributed by atoms with Gasteiger partial charge in [0.15, 0.2) is 0 Å². The lowest BCUT2D eigenvalue weighted by atomic mass is 10.2. The summed E-state index contributed by atoms with van der Waals surface area (Å²) in [5.41, 5.74) is 0. The number of rotatable bonds is 4. The third kappa shape index (κ3) is 3.40. The Bertz CT molecular complexity index is 233. The van der Waals surface area contributed by atoms with E-state index < -0.39 is 0 Å². The molecule has 4 nitrogen and oxygen atoms in total. The lowest BCUT2D eigenvalue weighted by Gasteiger charge is -2.10. The molecule has 2 unspecified atom stereocenters. The van der Waals surface area contributed by atoms with Gasteiger partial charge in [-0.05, 0) is 6.42 Å². The highest BCUT2D eigenvalue weighted by Crippen LogP contribution is 2.09. The Labute approximate surface area is 92.2 Å². The molecule has 0 aromatic rings. The van der Waals surface area contributed by atoms with Gasteiger partial charge in [-0.3, -0.25) is 4.79 Å². The molecule has 0 spiro atoms. The molecule has 0 radical (unpaired) electrons. The second kappa shape index (κ2) is 5.48. The number of hydrogen-bond acceptors (Lipinski definition) is 3. The van der Waals surface area contributed by atoms with Gasteiger partial charge in [0.05, 0.1) is 12.1 Å². The highest BCUT2D eigenvalue weighted by Gasteiger charge is 2.28. The molecule has 1 fully saturated rings. The van der Waals surface area contributed by atoms with E-state index in [1.165, 1.54) is 0 Å². The topological polar surface area (TPSA) is 50.4 Å². The van der Waals surface area contributed by atoms with E-state index >= 15 is 0 Å². The highest BCUT2D eigenvalue weighted by molar-refractivity contribution is 9.11. The summed E-state index contributed by atoms with van der Waals surface area (Å²) in [5, 5.41) is 5.86. The summed E-state index contributed by atoms with van der Waals surface area (Å²) in [6.07, 6.45) is 0.884. The maximum atomic E-state index is 11.5. The summed E-state index contributed by atoms with van der Waals surface area (Å²) in [4.78, 5) is 11.5. The Morgan fingerprint density at radius 2 is 2.50 bits per heavy atom. The average molecular weight is 263 g/mol. The molecule has 1 aliphatic rings. The molecule has 2 N–H and O–H groups in total. The maximum Gasteiger partial charge on any atom is 0.237 e. The fourth-order valence-corrected chi connectivity index (χ4v) is 1.53. The van der Waals surface area contributed by atoms with Gasteiger partial charge in [0, 0.05) is 24.7 Å². The lowest BCUT2D eigenvalue weighted by Crippen LogP contribution is -2.40. The molecule has 5 heteroatoms. The summed E-state index contributed by atoms with van der Waals surface area (Å²) < 4.78 is 5.92. The fourth-order valence-electron chi connectivity index (χ4n) is 1.39. The first-order chi connectivity index (χ1) is 6.63. The maximum absolute atomic E-state index is 11.5. The first-order valence-electron chi connectivity index (χ1n) is 4.50. The zero-order chi connectivity index (χ0) is 10.6. The van der Waals surface area contributed by atoms with Crippen molar-refractivity contribution in [1.29, 1.82) is 0 Å². The molecule has 0 aromatic heterocycles. The molecule has 80 valence electrons. The van der Waals surface area contributed by atoms with E-state index in [0.29, 0.717) is 6.54 Å². The van der Waals surface area contributed by atoms with Crippen LogP contribution in [-0.2, 0) is 9.53 Å². The van der Waals surface area contributed by atoms with E-state index in [1.807, 2.05) is 0 Å². The summed E-state index contributed by atoms with van der Waals surface area (Å²) >= 11 is 3.18. The van der Waals surface area contributed by atoms with Gasteiger partial charge in [0.25, 0.3) is 0 Å². The second-order valence-corrected chi connectivity index (χ2v) is 4.41. The molecule has 0 bridgehead atoms. The predicted octanol–water partition coefficient (Wildman–Crippen LogP) is 0.388. The first-order valence-corrected chi connectivity index (χ1v) is 5.30. The smallest absolute Gasteiger partial charge is 0.237 e. The summed E-state index contributed by atoms with van der Waals surface area (Å²) in [6.45, 7) is 4.85. The number of ether oxygens (including phenoxy) is 1. The van der Waals surface area contributed by atoms with E-state index in [0.717, 1.165) is 17.4 Å². The van der Waals surface area contributed by atoms with Crippen molar-refractivity contribution in [3.63, 3.8) is 0 Å². The zero-order valence-electron chi connectivity index (χ0n) is 8.18. The molecule has 1 saturated heterocycles. The standard InChI is InChI=1S/C9H15BrN2O2/c1-6(10)4-12-9(13)8-3-7(14-2)5-11-8/h7-8,11H,1,3-5H2,2H3,(H,12,13). The van der Waals surface area contributed by atoms with E-state index in [-0.39, 0.29) is 18.1 Å². The van der Waals surface area contributed by atoms with Crippen LogP contribution < -0.4 is 10.6 Å². The van der Waals surface area contributed by atoms with Crippen molar-refractivity contribution in [3.8, 4) is 0 Å². The molecular formula is C9H15BrN2O2. The van der Waals surface area contributed by atoms with Crippen molar-refractivity contribution < 1.29 is 9.53 Å². The van der Waals surface area contributed by atoms with Gasteiger partial charge in [0.2, 0.25) is 5.91 Å². The van der Waals surface area contributed by atoms with Crippen molar-refractivity contribution in [2.24, 2.45) is 0 Å². The molecule has 2 atom stereocenters. The van der Waals surface area contributed by atoms with Gasteiger partial charge in [-0.1, -0.05) is 22.5 Å². The van der Waals surface area contributed by atoms with Crippen LogP contribution in [0.5, 0.6) is 0 Å². The Hall–Kier alpha value is -0.390. The van der Waals surface area contributed by atoms with E-state index in [9.17, 15) is 4.79 Å². The fraction of sp³-hybridized carbons (Fsp3) is 0.667. The van der Waals surface area contributed by atoms with Crippen molar-refractivity contribution in [2.75, 3.05) is 20.2 Å². The van der Waals surface area contributed by atoms with Crippen LogP contribution >= 0.6 is 15.9 Å². The first kappa shape index (κ1) is 11.7. The van der Waals surface area contributed by atoms with Crippen molar-refractivity contribution in [1.82, 2.24) is 10.6 Å². The Morgan fingerprint density at radius 3 is 3.00 bits per heavy atom. The number of carbonyl (C=O) groups excluding carboxylic acids is 1. The normalized spacial score (nSPS) is 26.1. The Morgan fingerprint density at radius 1 is 1.79 bits per heavy atom. The van der Waals surface area contributed by atoms with Crippen molar-refractivity contribution >= 4 is 21.8 Å². The number of nitrogens with one attached hydrogen (secondary N) is 2. The third-order valence-corrected chi connectivity index (χ3v) is 2.48. The predicted molar refractivity (Wildman–Crippen MR) is 58.3 cm³/mol. The van der Waals surface area contributed by atoms with Crippen molar-refractivity contribution in [2.45, 2.75) is 18.6 Å². The van der Waals surface area contributed by atoms with Gasteiger partial charge in [0.1, 0.15) is 0 Å². The van der Waals surface area contributed by atoms with Crippen LogP contribution in [0.15, 0.2) is 11.1 Å². The van der Waals surface area contributed by atoms with Crippen LogP contribution in [0.1, 0.15) is 6.42 Å². The number of methoxy groups -OCH3 is 1. The SMILES string of the molecule is C=C(Br)CNC(=O)C1CC(OC)CN1. The summed E-state index contributed by atoms with van der Waals surface area (Å²) in [6, 6.07) is -0.133. The number of halogens is 1. The van der Waals surface area contributed by atoms with Crippen LogP contribution in [0.3, 0.4) is 0 Å². The Balaban J connectivity index is 2.28. The summed E-state index contributed by atoms with van der Waals surface area (Å²) in [5.74, 6) is 0.00477. The van der Waals surface area contributed by atoms with Crippen LogP contribution in [-0.4, -0.2) is 38.3 Å². The molecule has 1 heterocycles. The van der Waals surface area contributed by atoms with Gasteiger partial charge in [-0.15, -0.1) is 0 Å². The van der Waals surface area contributed by atoms with Crippen LogP contribution in [0.25, 0.3) is 0 Å². The quantitative estimate of drug-likeness (QED) is 0.771. The zero-order valence-corrected chi connectivity index (χ0v) is 9.76. The lowest BCUT2D eigenvalue weighted by molar-refractivity contribution is -0.122. The number of hydrogen-bond donors (Lipinski definition) is 2. The molecule has 1 rings (SSSR count). The Kier molecular flexibility index (Phi) is 4.57. The molecule has 0 aliphatic carbocycles. The largest absolute Gasteiger partial charge is 0.380 e. The van der Waals surface area contributed by atoms with E-state index in [4.69, 9.17) is 4.74 Å². The van der Waals surface area contributed by atoms with Crippen LogP contribution in [0, 0.1) is 0 Å². The van der Waals surface area contributed by atoms with Gasteiger partial charge < -0.3 is 15.4 Å². The highest BCUT2D eigenvalue weighted by atomic mass is 79.9. The van der Waals surface area contributed by atoms with E-state index in [2.05, 4.69) is 33.1 Å². The monoisotopic (exact) mass is 262 g/mol. The van der Waals surface area contributed by atoms with Crippen LogP contribution in [0.4, 0.5) is 0 Å². The minimum absolute atomic E-state index is 0.00477. The molecule has 14 heavy (non-hydrogen) atoms. The van der Waals surface area contributed by atoms with Gasteiger partial charge in [-0.25, -0.2) is 0 Å². The molecule has 1 aliphatic heterocycles. The second-order valence-electron chi connectivity index (χ2n) is 3.29. The van der Waals surface area contributed by atoms with Gasteiger partial charge >= 0.3 is 0 Å². The molecular weight excluding hydrogens is 248 g/mol. The average Bonchev–Trinajstić information content (AvgIpc) is 2.62. The van der Waals surface area contributed by atoms with Crippen LogP contribution in [0.2, 0.25) is 0 Å². The number of amides is 1. The molecule has 0 aromatic carbocycles. The molecule has 1 amide bonds. The minimum Gasteiger partial charge on any atom is -0.380 e. The van der Waals surface area contributed by atoms with Crippen molar-refractivity contribution in [3.05, 3.63) is 11.1 Å². The third-order valence-electron chi connectivity index (χ3n) is 2.19. The van der Waals surface area contributed by atoms with Gasteiger partial charge in [-0.2, -0.15) is 0 Å².